The number of amides is 1. The van der Waals surface area contributed by atoms with Crippen LogP contribution in [0.4, 0.5) is 0 Å². The van der Waals surface area contributed by atoms with Crippen LogP contribution in [0.2, 0.25) is 0 Å². The third-order valence-corrected chi connectivity index (χ3v) is 3.43. The Morgan fingerprint density at radius 1 is 1.31 bits per heavy atom. The van der Waals surface area contributed by atoms with Crippen molar-refractivity contribution in [3.8, 4) is 0 Å². The molecule has 5 unspecified atom stereocenters. The average Bonchev–Trinajstić information content (AvgIpc) is 2.74. The zero-order valence-corrected chi connectivity index (χ0v) is 9.10. The Hall–Kier alpha value is -0.690. The highest BCUT2D eigenvalue weighted by molar-refractivity contribution is 5.89. The summed E-state index contributed by atoms with van der Waals surface area (Å²) in [4.78, 5) is 11.7. The van der Waals surface area contributed by atoms with Gasteiger partial charge >= 0.3 is 0 Å². The largest absolute Gasteiger partial charge is 0.393 e. The summed E-state index contributed by atoms with van der Waals surface area (Å²) in [6.07, 6.45) is 1.52. The molecule has 7 N–H and O–H groups in total. The lowest BCUT2D eigenvalue weighted by molar-refractivity contribution is -0.132. The van der Waals surface area contributed by atoms with Gasteiger partial charge in [-0.25, -0.2) is 0 Å². The van der Waals surface area contributed by atoms with Gasteiger partial charge in [0.2, 0.25) is 0 Å². The number of aliphatic hydroxyl groups excluding tert-OH is 1. The Morgan fingerprint density at radius 2 is 1.94 bits per heavy atom. The molecule has 92 valence electrons. The van der Waals surface area contributed by atoms with Gasteiger partial charge in [-0.1, -0.05) is 0 Å². The van der Waals surface area contributed by atoms with Crippen molar-refractivity contribution in [2.75, 3.05) is 0 Å². The minimum Gasteiger partial charge on any atom is -0.393 e. The number of nitrogens with one attached hydrogen (secondary N) is 1. The second-order valence-corrected chi connectivity index (χ2v) is 5.03. The molecule has 1 amide bonds. The first-order chi connectivity index (χ1) is 7.41. The van der Waals surface area contributed by atoms with Crippen LogP contribution in [-0.2, 0) is 4.79 Å². The number of hydrogen-bond donors (Lipinski definition) is 5. The molecular weight excluding hydrogens is 210 g/mol. The van der Waals surface area contributed by atoms with Crippen molar-refractivity contribution in [2.24, 2.45) is 11.5 Å². The molecule has 0 heterocycles. The first kappa shape index (κ1) is 11.8. The molecule has 0 aromatic heterocycles. The van der Waals surface area contributed by atoms with E-state index in [9.17, 15) is 15.0 Å². The third-order valence-electron chi connectivity index (χ3n) is 3.43. The third kappa shape index (κ3) is 2.20. The van der Waals surface area contributed by atoms with E-state index in [4.69, 9.17) is 11.5 Å². The van der Waals surface area contributed by atoms with E-state index in [1.807, 2.05) is 0 Å². The molecule has 0 aliphatic heterocycles. The Bertz CT molecular complexity index is 289. The SMILES string of the molecule is NC1CC(O)CC(NC(=O)C2(O)CC2N)C1. The van der Waals surface area contributed by atoms with Crippen molar-refractivity contribution in [3.63, 3.8) is 0 Å². The molecule has 0 bridgehead atoms. The van der Waals surface area contributed by atoms with Crippen molar-refractivity contribution in [1.29, 1.82) is 0 Å². The molecule has 2 aliphatic rings. The van der Waals surface area contributed by atoms with Gasteiger partial charge in [0.15, 0.2) is 5.60 Å². The number of rotatable bonds is 2. The van der Waals surface area contributed by atoms with Crippen LogP contribution >= 0.6 is 0 Å². The molecule has 0 aromatic rings. The summed E-state index contributed by atoms with van der Waals surface area (Å²) in [5.41, 5.74) is 9.82. The molecular formula is C10H19N3O3. The average molecular weight is 229 g/mol. The van der Waals surface area contributed by atoms with Crippen LogP contribution in [0, 0.1) is 0 Å². The molecule has 2 rings (SSSR count). The van der Waals surface area contributed by atoms with Crippen LogP contribution < -0.4 is 16.8 Å². The minimum atomic E-state index is -1.40. The van der Waals surface area contributed by atoms with Crippen LogP contribution in [0.3, 0.4) is 0 Å². The molecule has 2 fully saturated rings. The molecule has 2 aliphatic carbocycles. The topological polar surface area (TPSA) is 122 Å². The zero-order valence-electron chi connectivity index (χ0n) is 9.10. The molecule has 5 atom stereocenters. The normalized spacial score (nSPS) is 47.5. The van der Waals surface area contributed by atoms with Crippen molar-refractivity contribution in [3.05, 3.63) is 0 Å². The molecule has 2 saturated carbocycles. The maximum Gasteiger partial charge on any atom is 0.253 e. The molecule has 0 spiro atoms. The molecule has 0 aromatic carbocycles. The van der Waals surface area contributed by atoms with Gasteiger partial charge in [0.25, 0.3) is 5.91 Å². The number of hydrogen-bond acceptors (Lipinski definition) is 5. The van der Waals surface area contributed by atoms with E-state index in [0.717, 1.165) is 0 Å². The highest BCUT2D eigenvalue weighted by Gasteiger charge is 2.57. The van der Waals surface area contributed by atoms with E-state index in [-0.39, 0.29) is 12.1 Å². The summed E-state index contributed by atoms with van der Waals surface area (Å²) in [7, 11) is 0. The van der Waals surface area contributed by atoms with E-state index in [1.165, 1.54) is 0 Å². The zero-order chi connectivity index (χ0) is 11.9. The summed E-state index contributed by atoms with van der Waals surface area (Å²) in [5.74, 6) is -0.439. The van der Waals surface area contributed by atoms with Gasteiger partial charge in [0, 0.05) is 24.5 Å². The first-order valence-corrected chi connectivity index (χ1v) is 5.64. The highest BCUT2D eigenvalue weighted by atomic mass is 16.3. The second-order valence-electron chi connectivity index (χ2n) is 5.03. The maximum atomic E-state index is 11.7. The van der Waals surface area contributed by atoms with Crippen LogP contribution in [-0.4, -0.2) is 46.0 Å². The van der Waals surface area contributed by atoms with E-state index in [2.05, 4.69) is 5.32 Å². The monoisotopic (exact) mass is 229 g/mol. The number of aliphatic hydroxyl groups is 2. The fourth-order valence-corrected chi connectivity index (χ4v) is 2.30. The van der Waals surface area contributed by atoms with Crippen LogP contribution in [0.1, 0.15) is 25.7 Å². The number of nitrogens with two attached hydrogens (primary N) is 2. The van der Waals surface area contributed by atoms with Gasteiger partial charge < -0.3 is 27.0 Å². The second kappa shape index (κ2) is 3.96. The molecule has 0 radical (unpaired) electrons. The maximum absolute atomic E-state index is 11.7. The fourth-order valence-electron chi connectivity index (χ4n) is 2.30. The lowest BCUT2D eigenvalue weighted by atomic mass is 9.89. The van der Waals surface area contributed by atoms with E-state index in [0.29, 0.717) is 25.7 Å². The Kier molecular flexibility index (Phi) is 2.91. The Balaban J connectivity index is 1.87. The molecule has 6 nitrogen and oxygen atoms in total. The van der Waals surface area contributed by atoms with Crippen molar-refractivity contribution in [1.82, 2.24) is 5.32 Å². The lowest BCUT2D eigenvalue weighted by Gasteiger charge is -2.31. The summed E-state index contributed by atoms with van der Waals surface area (Å²) in [6, 6.07) is -0.727. The molecule has 0 saturated heterocycles. The van der Waals surface area contributed by atoms with Crippen LogP contribution in [0.15, 0.2) is 0 Å². The van der Waals surface area contributed by atoms with Gasteiger partial charge in [0.05, 0.1) is 6.10 Å². The van der Waals surface area contributed by atoms with Gasteiger partial charge in [-0.05, 0) is 19.3 Å². The van der Waals surface area contributed by atoms with Crippen molar-refractivity contribution in [2.45, 2.75) is 55.5 Å². The number of carbonyl (C=O) groups excluding carboxylic acids is 1. The highest BCUT2D eigenvalue weighted by Crippen LogP contribution is 2.34. The first-order valence-electron chi connectivity index (χ1n) is 5.64. The predicted octanol–water partition coefficient (Wildman–Crippen LogP) is -2.19. The standard InChI is InChI=1S/C10H19N3O3/c11-5-1-6(3-7(14)2-5)13-9(15)10(16)4-8(10)12/h5-8,14,16H,1-4,11-12H2,(H,13,15). The van der Waals surface area contributed by atoms with Gasteiger partial charge in [-0.2, -0.15) is 0 Å². The predicted molar refractivity (Wildman–Crippen MR) is 57.3 cm³/mol. The molecule has 16 heavy (non-hydrogen) atoms. The van der Waals surface area contributed by atoms with Gasteiger partial charge in [-0.3, -0.25) is 4.79 Å². The Morgan fingerprint density at radius 3 is 2.44 bits per heavy atom. The van der Waals surface area contributed by atoms with E-state index >= 15 is 0 Å². The summed E-state index contributed by atoms with van der Waals surface area (Å²) < 4.78 is 0. The summed E-state index contributed by atoms with van der Waals surface area (Å²) in [5, 5.41) is 21.9. The summed E-state index contributed by atoms with van der Waals surface area (Å²) >= 11 is 0. The van der Waals surface area contributed by atoms with E-state index < -0.39 is 23.7 Å². The lowest BCUT2D eigenvalue weighted by Crippen LogP contribution is -2.51. The quantitative estimate of drug-likeness (QED) is 0.368. The smallest absolute Gasteiger partial charge is 0.253 e. The number of carbonyl (C=O) groups is 1. The Labute approximate surface area is 94.0 Å². The van der Waals surface area contributed by atoms with Gasteiger partial charge in [-0.15, -0.1) is 0 Å². The van der Waals surface area contributed by atoms with Crippen LogP contribution in [0.5, 0.6) is 0 Å². The minimum absolute atomic E-state index is 0.100. The molecule has 6 heteroatoms. The van der Waals surface area contributed by atoms with E-state index in [1.54, 1.807) is 0 Å². The fraction of sp³-hybridized carbons (Fsp3) is 0.900. The van der Waals surface area contributed by atoms with Gasteiger partial charge in [0.1, 0.15) is 0 Å². The summed E-state index contributed by atoms with van der Waals surface area (Å²) in [6.45, 7) is 0. The van der Waals surface area contributed by atoms with Crippen LogP contribution in [0.25, 0.3) is 0 Å². The van der Waals surface area contributed by atoms with Crippen molar-refractivity contribution < 1.29 is 15.0 Å². The van der Waals surface area contributed by atoms with Crippen molar-refractivity contribution >= 4 is 5.91 Å².